The SMILES string of the molecule is CN=C(NCCCc1nc(C)cs1)N1CCC(OCC2CCCCO2)CC1.I. The molecule has 1 atom stereocenters. The van der Waals surface area contributed by atoms with Crippen molar-refractivity contribution >= 4 is 41.3 Å². The number of rotatable bonds is 7. The van der Waals surface area contributed by atoms with Crippen molar-refractivity contribution < 1.29 is 9.47 Å². The Bertz CT molecular complexity index is 585. The largest absolute Gasteiger partial charge is 0.376 e. The zero-order chi connectivity index (χ0) is 18.9. The van der Waals surface area contributed by atoms with Gasteiger partial charge in [-0.2, -0.15) is 0 Å². The average molecular weight is 522 g/mol. The maximum atomic E-state index is 6.12. The van der Waals surface area contributed by atoms with Gasteiger partial charge in [0.25, 0.3) is 0 Å². The molecule has 8 heteroatoms. The van der Waals surface area contributed by atoms with Crippen molar-refractivity contribution in [2.45, 2.75) is 64.1 Å². The molecule has 6 nitrogen and oxygen atoms in total. The lowest BCUT2D eigenvalue weighted by molar-refractivity contribution is -0.0721. The zero-order valence-electron chi connectivity index (χ0n) is 17.2. The number of hydrogen-bond donors (Lipinski definition) is 1. The molecule has 3 heterocycles. The van der Waals surface area contributed by atoms with E-state index in [9.17, 15) is 0 Å². The summed E-state index contributed by atoms with van der Waals surface area (Å²) < 4.78 is 11.9. The van der Waals surface area contributed by atoms with Crippen LogP contribution in [-0.4, -0.2) is 67.9 Å². The van der Waals surface area contributed by atoms with Gasteiger partial charge in [0, 0.05) is 50.8 Å². The van der Waals surface area contributed by atoms with Crippen molar-refractivity contribution in [3.63, 3.8) is 0 Å². The highest BCUT2D eigenvalue weighted by Gasteiger charge is 2.23. The molecule has 1 aromatic rings. The van der Waals surface area contributed by atoms with E-state index in [1.807, 2.05) is 7.05 Å². The summed E-state index contributed by atoms with van der Waals surface area (Å²) in [4.78, 5) is 11.3. The molecule has 1 N–H and O–H groups in total. The van der Waals surface area contributed by atoms with Crippen LogP contribution in [0.2, 0.25) is 0 Å². The van der Waals surface area contributed by atoms with Gasteiger partial charge >= 0.3 is 0 Å². The smallest absolute Gasteiger partial charge is 0.193 e. The quantitative estimate of drug-likeness (QED) is 0.257. The normalized spacial score (nSPS) is 21.4. The molecule has 0 bridgehead atoms. The van der Waals surface area contributed by atoms with E-state index in [0.717, 1.165) is 76.6 Å². The third-order valence-corrected chi connectivity index (χ3v) is 6.29. The van der Waals surface area contributed by atoms with Crippen LogP contribution < -0.4 is 5.32 Å². The van der Waals surface area contributed by atoms with Crippen LogP contribution in [0.3, 0.4) is 0 Å². The minimum atomic E-state index is 0. The number of guanidine groups is 1. The minimum Gasteiger partial charge on any atom is -0.376 e. The van der Waals surface area contributed by atoms with E-state index in [1.54, 1.807) is 11.3 Å². The number of aromatic nitrogens is 1. The Balaban J connectivity index is 0.00000280. The first-order chi connectivity index (χ1) is 13.2. The Labute approximate surface area is 190 Å². The molecule has 0 aromatic carbocycles. The van der Waals surface area contributed by atoms with Gasteiger partial charge in [-0.15, -0.1) is 35.3 Å². The van der Waals surface area contributed by atoms with E-state index >= 15 is 0 Å². The van der Waals surface area contributed by atoms with E-state index in [2.05, 4.69) is 32.5 Å². The first-order valence-corrected chi connectivity index (χ1v) is 11.2. The van der Waals surface area contributed by atoms with Crippen LogP contribution in [0.1, 0.15) is 49.2 Å². The minimum absolute atomic E-state index is 0. The number of nitrogens with one attached hydrogen (secondary N) is 1. The molecule has 0 aliphatic carbocycles. The second-order valence-electron chi connectivity index (χ2n) is 7.47. The summed E-state index contributed by atoms with van der Waals surface area (Å²) >= 11 is 1.75. The van der Waals surface area contributed by atoms with Gasteiger partial charge in [0.2, 0.25) is 0 Å². The third kappa shape index (κ3) is 7.76. The lowest BCUT2D eigenvalue weighted by atomic mass is 10.1. The number of ether oxygens (including phenoxy) is 2. The Morgan fingerprint density at radius 2 is 2.18 bits per heavy atom. The molecular weight excluding hydrogens is 487 g/mol. The summed E-state index contributed by atoms with van der Waals surface area (Å²) in [5, 5.41) is 6.85. The van der Waals surface area contributed by atoms with Gasteiger partial charge in [0.05, 0.1) is 23.8 Å². The first-order valence-electron chi connectivity index (χ1n) is 10.3. The highest BCUT2D eigenvalue weighted by molar-refractivity contribution is 14.0. The molecular formula is C20H35IN4O2S. The number of thiazole rings is 1. The molecule has 2 aliphatic rings. The average Bonchev–Trinajstić information content (AvgIpc) is 3.13. The number of hydrogen-bond acceptors (Lipinski definition) is 5. The predicted octanol–water partition coefficient (Wildman–Crippen LogP) is 3.63. The molecule has 0 spiro atoms. The van der Waals surface area contributed by atoms with Crippen LogP contribution in [0.25, 0.3) is 0 Å². The van der Waals surface area contributed by atoms with Crippen molar-refractivity contribution in [1.29, 1.82) is 0 Å². The number of piperidine rings is 1. The summed E-state index contributed by atoms with van der Waals surface area (Å²) in [7, 11) is 1.87. The molecule has 2 aliphatic heterocycles. The molecule has 3 rings (SSSR count). The fourth-order valence-corrected chi connectivity index (χ4v) is 4.52. The van der Waals surface area contributed by atoms with E-state index in [0.29, 0.717) is 12.2 Å². The molecule has 1 aromatic heterocycles. The van der Waals surface area contributed by atoms with E-state index in [-0.39, 0.29) is 24.0 Å². The lowest BCUT2D eigenvalue weighted by Crippen LogP contribution is -2.47. The highest BCUT2D eigenvalue weighted by atomic mass is 127. The van der Waals surface area contributed by atoms with Gasteiger partial charge < -0.3 is 19.7 Å². The Hall–Kier alpha value is -0.450. The first kappa shape index (κ1) is 23.8. The second-order valence-corrected chi connectivity index (χ2v) is 8.41. The zero-order valence-corrected chi connectivity index (χ0v) is 20.3. The van der Waals surface area contributed by atoms with Crippen molar-refractivity contribution in [3.05, 3.63) is 16.1 Å². The Morgan fingerprint density at radius 3 is 2.82 bits per heavy atom. The van der Waals surface area contributed by atoms with E-state index in [4.69, 9.17) is 9.47 Å². The molecule has 2 fully saturated rings. The maximum absolute atomic E-state index is 6.12. The summed E-state index contributed by atoms with van der Waals surface area (Å²) in [5.41, 5.74) is 1.12. The van der Waals surface area contributed by atoms with Crippen LogP contribution in [0.4, 0.5) is 0 Å². The van der Waals surface area contributed by atoms with Crippen molar-refractivity contribution in [2.75, 3.05) is 39.9 Å². The van der Waals surface area contributed by atoms with Gasteiger partial charge in [0.15, 0.2) is 5.96 Å². The van der Waals surface area contributed by atoms with Crippen LogP contribution in [0.5, 0.6) is 0 Å². The van der Waals surface area contributed by atoms with Gasteiger partial charge in [-0.3, -0.25) is 4.99 Å². The number of aryl methyl sites for hydroxylation is 2. The molecule has 160 valence electrons. The molecule has 28 heavy (non-hydrogen) atoms. The molecule has 0 saturated carbocycles. The predicted molar refractivity (Wildman–Crippen MR) is 126 cm³/mol. The number of nitrogens with zero attached hydrogens (tertiary/aromatic N) is 3. The van der Waals surface area contributed by atoms with Crippen LogP contribution >= 0.6 is 35.3 Å². The summed E-state index contributed by atoms with van der Waals surface area (Å²) in [6.45, 7) is 6.64. The third-order valence-electron chi connectivity index (χ3n) is 5.26. The lowest BCUT2D eigenvalue weighted by Gasteiger charge is -2.35. The fraction of sp³-hybridized carbons (Fsp3) is 0.800. The summed E-state index contributed by atoms with van der Waals surface area (Å²) in [6, 6.07) is 0. The standard InChI is InChI=1S/C20H34N4O2S.HI/c1-16-15-27-19(23-16)7-5-10-22-20(21-2)24-11-8-17(9-12-24)26-14-18-6-3-4-13-25-18;/h15,17-18H,3-14H2,1-2H3,(H,21,22);1H. The fourth-order valence-electron chi connectivity index (χ4n) is 3.71. The Morgan fingerprint density at radius 1 is 1.36 bits per heavy atom. The van der Waals surface area contributed by atoms with Crippen LogP contribution in [0, 0.1) is 6.92 Å². The van der Waals surface area contributed by atoms with Gasteiger partial charge in [-0.05, 0) is 45.4 Å². The van der Waals surface area contributed by atoms with E-state index in [1.165, 1.54) is 17.8 Å². The number of aliphatic imine (C=N–C) groups is 1. The maximum Gasteiger partial charge on any atom is 0.193 e. The van der Waals surface area contributed by atoms with Crippen molar-refractivity contribution in [1.82, 2.24) is 15.2 Å². The van der Waals surface area contributed by atoms with Gasteiger partial charge in [-0.1, -0.05) is 0 Å². The van der Waals surface area contributed by atoms with E-state index < -0.39 is 0 Å². The summed E-state index contributed by atoms with van der Waals surface area (Å²) in [6.07, 6.45) is 8.52. The molecule has 1 unspecified atom stereocenters. The van der Waals surface area contributed by atoms with Crippen molar-refractivity contribution in [2.24, 2.45) is 4.99 Å². The van der Waals surface area contributed by atoms with Crippen LogP contribution in [0.15, 0.2) is 10.4 Å². The molecule has 0 amide bonds. The Kier molecular flexibility index (Phi) is 11.0. The number of likely N-dealkylation sites (tertiary alicyclic amines) is 1. The number of halogens is 1. The molecule has 0 radical (unpaired) electrons. The highest BCUT2D eigenvalue weighted by Crippen LogP contribution is 2.18. The second kappa shape index (κ2) is 13.0. The van der Waals surface area contributed by atoms with Gasteiger partial charge in [0.1, 0.15) is 0 Å². The molecule has 2 saturated heterocycles. The van der Waals surface area contributed by atoms with Crippen LogP contribution in [-0.2, 0) is 15.9 Å². The van der Waals surface area contributed by atoms with Crippen molar-refractivity contribution in [3.8, 4) is 0 Å². The summed E-state index contributed by atoms with van der Waals surface area (Å²) in [5.74, 6) is 1.01. The monoisotopic (exact) mass is 522 g/mol. The topological polar surface area (TPSA) is 59.0 Å². The van der Waals surface area contributed by atoms with Gasteiger partial charge in [-0.25, -0.2) is 4.98 Å².